The Bertz CT molecular complexity index is 525. The number of hydrogen-bond acceptors (Lipinski definition) is 3. The van der Waals surface area contributed by atoms with Crippen molar-refractivity contribution in [2.45, 2.75) is 0 Å². The molecule has 0 atom stereocenters. The Morgan fingerprint density at radius 1 is 1.25 bits per heavy atom. The highest BCUT2D eigenvalue weighted by molar-refractivity contribution is 7.80. The summed E-state index contributed by atoms with van der Waals surface area (Å²) in [4.78, 5) is 11.3. The van der Waals surface area contributed by atoms with Gasteiger partial charge in [-0.05, 0) is 36.0 Å². The number of benzene rings is 1. The summed E-state index contributed by atoms with van der Waals surface area (Å²) >= 11 is 4.80. The second kappa shape index (κ2) is 4.13. The standard InChI is InChI=1S/C11H7N3OS/c12-6-8-3-1-7(2-4-8)5-9-10(15)14-11(16)13-9/h1-5H,(H2,13,14,15,16)/b9-5+. The Balaban J connectivity index is 2.26. The summed E-state index contributed by atoms with van der Waals surface area (Å²) in [5.41, 5.74) is 1.83. The highest BCUT2D eigenvalue weighted by Crippen LogP contribution is 2.09. The molecular formula is C11H7N3OS. The fourth-order valence-corrected chi connectivity index (χ4v) is 1.51. The minimum absolute atomic E-state index is 0.241. The van der Waals surface area contributed by atoms with E-state index in [1.54, 1.807) is 30.3 Å². The SMILES string of the molecule is N#Cc1ccc(/C=C2/NC(=S)NC2=O)cc1. The van der Waals surface area contributed by atoms with Crippen molar-refractivity contribution in [2.24, 2.45) is 0 Å². The zero-order valence-corrected chi connectivity index (χ0v) is 8.97. The summed E-state index contributed by atoms with van der Waals surface area (Å²) in [6.07, 6.45) is 1.68. The molecule has 0 saturated carbocycles. The van der Waals surface area contributed by atoms with Crippen LogP contribution in [0.5, 0.6) is 0 Å². The van der Waals surface area contributed by atoms with Crippen LogP contribution in [0.1, 0.15) is 11.1 Å². The van der Waals surface area contributed by atoms with Crippen molar-refractivity contribution in [3.8, 4) is 6.07 Å². The van der Waals surface area contributed by atoms with E-state index in [4.69, 9.17) is 17.5 Å². The van der Waals surface area contributed by atoms with Crippen molar-refractivity contribution < 1.29 is 4.79 Å². The zero-order valence-electron chi connectivity index (χ0n) is 8.15. The van der Waals surface area contributed by atoms with E-state index in [0.717, 1.165) is 5.56 Å². The van der Waals surface area contributed by atoms with Gasteiger partial charge in [0.1, 0.15) is 5.70 Å². The quantitative estimate of drug-likeness (QED) is 0.555. The number of thiocarbonyl (C=S) groups is 1. The van der Waals surface area contributed by atoms with Crippen LogP contribution in [-0.2, 0) is 4.79 Å². The monoisotopic (exact) mass is 229 g/mol. The van der Waals surface area contributed by atoms with Crippen molar-refractivity contribution >= 4 is 29.3 Å². The summed E-state index contributed by atoms with van der Waals surface area (Å²) < 4.78 is 0. The number of hydrogen-bond donors (Lipinski definition) is 2. The first kappa shape index (κ1) is 10.3. The predicted molar refractivity (Wildman–Crippen MR) is 63.0 cm³/mol. The van der Waals surface area contributed by atoms with E-state index in [2.05, 4.69) is 10.6 Å². The fraction of sp³-hybridized carbons (Fsp3) is 0. The van der Waals surface area contributed by atoms with Gasteiger partial charge in [-0.3, -0.25) is 10.1 Å². The number of nitriles is 1. The third-order valence-electron chi connectivity index (χ3n) is 2.07. The minimum atomic E-state index is -0.241. The van der Waals surface area contributed by atoms with E-state index >= 15 is 0 Å². The van der Waals surface area contributed by atoms with Gasteiger partial charge >= 0.3 is 0 Å². The highest BCUT2D eigenvalue weighted by Gasteiger charge is 2.19. The molecule has 1 fully saturated rings. The third-order valence-corrected chi connectivity index (χ3v) is 2.27. The normalized spacial score (nSPS) is 16.8. The Morgan fingerprint density at radius 3 is 2.44 bits per heavy atom. The van der Waals surface area contributed by atoms with Gasteiger partial charge in [-0.2, -0.15) is 5.26 Å². The molecule has 0 aliphatic carbocycles. The Kier molecular flexibility index (Phi) is 2.66. The van der Waals surface area contributed by atoms with Crippen molar-refractivity contribution in [1.29, 1.82) is 5.26 Å². The van der Waals surface area contributed by atoms with E-state index < -0.39 is 0 Å². The lowest BCUT2D eigenvalue weighted by Crippen LogP contribution is -2.21. The van der Waals surface area contributed by atoms with Crippen molar-refractivity contribution in [2.75, 3.05) is 0 Å². The molecule has 2 rings (SSSR count). The van der Waals surface area contributed by atoms with Crippen LogP contribution >= 0.6 is 12.2 Å². The largest absolute Gasteiger partial charge is 0.328 e. The summed E-state index contributed by atoms with van der Waals surface area (Å²) in [5, 5.41) is 14.2. The van der Waals surface area contributed by atoms with Crippen LogP contribution in [0.2, 0.25) is 0 Å². The molecule has 0 bridgehead atoms. The van der Waals surface area contributed by atoms with Gasteiger partial charge in [-0.15, -0.1) is 0 Å². The molecule has 1 aromatic rings. The summed E-state index contributed by atoms with van der Waals surface area (Å²) in [6.45, 7) is 0. The number of amides is 1. The molecule has 1 saturated heterocycles. The number of nitrogens with one attached hydrogen (secondary N) is 2. The molecule has 5 heteroatoms. The predicted octanol–water partition coefficient (Wildman–Crippen LogP) is 0.903. The molecule has 1 aliphatic heterocycles. The highest BCUT2D eigenvalue weighted by atomic mass is 32.1. The molecule has 78 valence electrons. The lowest BCUT2D eigenvalue weighted by molar-refractivity contribution is -0.115. The first-order valence-corrected chi connectivity index (χ1v) is 4.94. The average molecular weight is 229 g/mol. The molecule has 4 nitrogen and oxygen atoms in total. The molecule has 16 heavy (non-hydrogen) atoms. The number of carbonyl (C=O) groups is 1. The van der Waals surface area contributed by atoms with Crippen LogP contribution in [0.15, 0.2) is 30.0 Å². The van der Waals surface area contributed by atoms with Crippen molar-refractivity contribution in [3.05, 3.63) is 41.1 Å². The van der Waals surface area contributed by atoms with Crippen molar-refractivity contribution in [1.82, 2.24) is 10.6 Å². The maximum Gasteiger partial charge on any atom is 0.273 e. The fourth-order valence-electron chi connectivity index (χ4n) is 1.30. The van der Waals surface area contributed by atoms with Crippen LogP contribution in [-0.4, -0.2) is 11.0 Å². The minimum Gasteiger partial charge on any atom is -0.328 e. The number of carbonyl (C=O) groups excluding carboxylic acids is 1. The first-order valence-electron chi connectivity index (χ1n) is 4.53. The van der Waals surface area contributed by atoms with Gasteiger partial charge in [0.25, 0.3) is 5.91 Å². The molecule has 1 aromatic carbocycles. The second-order valence-corrected chi connectivity index (χ2v) is 3.61. The Hall–Kier alpha value is -2.19. The third kappa shape index (κ3) is 2.07. The average Bonchev–Trinajstić information content (AvgIpc) is 2.59. The Morgan fingerprint density at radius 2 is 1.94 bits per heavy atom. The maximum absolute atomic E-state index is 11.3. The Labute approximate surface area is 97.6 Å². The van der Waals surface area contributed by atoms with Crippen LogP contribution in [0, 0.1) is 11.3 Å². The molecule has 2 N–H and O–H groups in total. The van der Waals surface area contributed by atoms with E-state index in [1.807, 2.05) is 6.07 Å². The summed E-state index contributed by atoms with van der Waals surface area (Å²) in [7, 11) is 0. The summed E-state index contributed by atoms with van der Waals surface area (Å²) in [5.74, 6) is -0.241. The molecule has 0 unspecified atom stereocenters. The van der Waals surface area contributed by atoms with Gasteiger partial charge < -0.3 is 5.32 Å². The van der Waals surface area contributed by atoms with Crippen LogP contribution in [0.3, 0.4) is 0 Å². The van der Waals surface area contributed by atoms with Gasteiger partial charge in [-0.1, -0.05) is 12.1 Å². The molecule has 1 heterocycles. The van der Waals surface area contributed by atoms with Gasteiger partial charge in [-0.25, -0.2) is 0 Å². The van der Waals surface area contributed by atoms with Gasteiger partial charge in [0, 0.05) is 0 Å². The van der Waals surface area contributed by atoms with Gasteiger partial charge in [0.2, 0.25) is 0 Å². The van der Waals surface area contributed by atoms with Crippen molar-refractivity contribution in [3.63, 3.8) is 0 Å². The molecule has 1 amide bonds. The number of rotatable bonds is 1. The smallest absolute Gasteiger partial charge is 0.273 e. The van der Waals surface area contributed by atoms with E-state index in [-0.39, 0.29) is 5.91 Å². The van der Waals surface area contributed by atoms with E-state index in [0.29, 0.717) is 16.4 Å². The molecule has 0 aromatic heterocycles. The molecule has 0 radical (unpaired) electrons. The topological polar surface area (TPSA) is 64.9 Å². The van der Waals surface area contributed by atoms with Crippen LogP contribution in [0.25, 0.3) is 6.08 Å². The van der Waals surface area contributed by atoms with E-state index in [9.17, 15) is 4.79 Å². The molecular weight excluding hydrogens is 222 g/mol. The van der Waals surface area contributed by atoms with Gasteiger partial charge in [0.05, 0.1) is 11.6 Å². The second-order valence-electron chi connectivity index (χ2n) is 3.20. The zero-order chi connectivity index (χ0) is 11.5. The lowest BCUT2D eigenvalue weighted by Gasteiger charge is -1.96. The van der Waals surface area contributed by atoms with Crippen LogP contribution in [0.4, 0.5) is 0 Å². The molecule has 1 aliphatic rings. The maximum atomic E-state index is 11.3. The molecule has 0 spiro atoms. The first-order chi connectivity index (χ1) is 7.69. The lowest BCUT2D eigenvalue weighted by atomic mass is 10.1. The van der Waals surface area contributed by atoms with E-state index in [1.165, 1.54) is 0 Å². The number of nitrogens with zero attached hydrogens (tertiary/aromatic N) is 1. The summed E-state index contributed by atoms with van der Waals surface area (Å²) in [6, 6.07) is 8.94. The van der Waals surface area contributed by atoms with Gasteiger partial charge in [0.15, 0.2) is 5.11 Å². The van der Waals surface area contributed by atoms with Crippen LogP contribution < -0.4 is 10.6 Å².